The monoisotopic (exact) mass is 366 g/mol. The molecule has 1 N–H and O–H groups in total. The highest BCUT2D eigenvalue weighted by molar-refractivity contribution is 5.99. The predicted molar refractivity (Wildman–Crippen MR) is 117 cm³/mol. The summed E-state index contributed by atoms with van der Waals surface area (Å²) >= 11 is 0. The average Bonchev–Trinajstić information content (AvgIpc) is 2.72. The van der Waals surface area contributed by atoms with Gasteiger partial charge in [-0.2, -0.15) is 5.10 Å². The number of nitrogens with one attached hydrogen (secondary N) is 1. The van der Waals surface area contributed by atoms with Crippen LogP contribution >= 0.6 is 0 Å². The number of aromatic nitrogens is 2. The van der Waals surface area contributed by atoms with E-state index >= 15 is 0 Å². The van der Waals surface area contributed by atoms with Gasteiger partial charge >= 0.3 is 0 Å². The Labute approximate surface area is 165 Å². The second-order valence-corrected chi connectivity index (χ2v) is 6.95. The van der Waals surface area contributed by atoms with E-state index in [4.69, 9.17) is 9.97 Å². The lowest BCUT2D eigenvalue weighted by atomic mass is 10.1. The molecule has 0 spiro atoms. The number of hydrogen-bond donors (Lipinski definition) is 1. The highest BCUT2D eigenvalue weighted by Crippen LogP contribution is 2.25. The molecule has 0 saturated carbocycles. The molecule has 0 aliphatic rings. The van der Waals surface area contributed by atoms with E-state index in [-0.39, 0.29) is 0 Å². The largest absolute Gasteiger partial charge is 0.260 e. The minimum atomic E-state index is 0.685. The SMILES string of the molecule is CC(=NNc1nc(-c2ccc(C)cc2)nc2ccccc12)c1ccc(C)cc1. The number of fused-ring (bicyclic) bond motifs is 1. The second-order valence-electron chi connectivity index (χ2n) is 6.95. The Bertz CT molecular complexity index is 1140. The number of nitrogens with zero attached hydrogens (tertiary/aromatic N) is 3. The van der Waals surface area contributed by atoms with Gasteiger partial charge in [-0.05, 0) is 38.5 Å². The molecule has 0 unspecified atom stereocenters. The van der Waals surface area contributed by atoms with Gasteiger partial charge in [0.1, 0.15) is 0 Å². The first-order chi connectivity index (χ1) is 13.6. The summed E-state index contributed by atoms with van der Waals surface area (Å²) in [7, 11) is 0. The number of para-hydroxylation sites is 1. The summed E-state index contributed by atoms with van der Waals surface area (Å²) in [6.07, 6.45) is 0. The molecule has 4 heteroatoms. The molecule has 0 aliphatic carbocycles. The molecule has 1 heterocycles. The van der Waals surface area contributed by atoms with Gasteiger partial charge in [-0.3, -0.25) is 5.43 Å². The summed E-state index contributed by atoms with van der Waals surface area (Å²) in [6.45, 7) is 6.14. The molecule has 0 fully saturated rings. The van der Waals surface area contributed by atoms with E-state index in [1.807, 2.05) is 43.3 Å². The number of aryl methyl sites for hydroxylation is 2. The molecule has 0 atom stereocenters. The van der Waals surface area contributed by atoms with Crippen molar-refractivity contribution >= 4 is 22.4 Å². The van der Waals surface area contributed by atoms with Crippen LogP contribution in [0.15, 0.2) is 77.9 Å². The van der Waals surface area contributed by atoms with Crippen molar-refractivity contribution < 1.29 is 0 Å². The van der Waals surface area contributed by atoms with Gasteiger partial charge in [-0.1, -0.05) is 71.8 Å². The van der Waals surface area contributed by atoms with E-state index in [9.17, 15) is 0 Å². The first-order valence-electron chi connectivity index (χ1n) is 9.31. The van der Waals surface area contributed by atoms with Crippen molar-refractivity contribution in [3.05, 3.63) is 89.5 Å². The van der Waals surface area contributed by atoms with Crippen molar-refractivity contribution in [2.24, 2.45) is 5.10 Å². The summed E-state index contributed by atoms with van der Waals surface area (Å²) in [5.41, 5.74) is 9.45. The molecule has 28 heavy (non-hydrogen) atoms. The summed E-state index contributed by atoms with van der Waals surface area (Å²) in [5, 5.41) is 5.51. The van der Waals surface area contributed by atoms with Crippen molar-refractivity contribution in [3.63, 3.8) is 0 Å². The van der Waals surface area contributed by atoms with Crippen molar-refractivity contribution in [2.45, 2.75) is 20.8 Å². The third-order valence-corrected chi connectivity index (χ3v) is 4.71. The second kappa shape index (κ2) is 7.61. The van der Waals surface area contributed by atoms with Crippen molar-refractivity contribution in [2.75, 3.05) is 5.43 Å². The average molecular weight is 366 g/mol. The van der Waals surface area contributed by atoms with E-state index < -0.39 is 0 Å². The Hall–Kier alpha value is -3.53. The van der Waals surface area contributed by atoms with Crippen molar-refractivity contribution in [1.29, 1.82) is 0 Å². The maximum Gasteiger partial charge on any atom is 0.162 e. The Kier molecular flexibility index (Phi) is 4.85. The van der Waals surface area contributed by atoms with E-state index in [0.717, 1.165) is 27.7 Å². The van der Waals surface area contributed by atoms with Crippen LogP contribution in [0.2, 0.25) is 0 Å². The quantitative estimate of drug-likeness (QED) is 0.369. The van der Waals surface area contributed by atoms with Gasteiger partial charge < -0.3 is 0 Å². The number of anilines is 1. The molecule has 0 radical (unpaired) electrons. The number of hydrogen-bond acceptors (Lipinski definition) is 4. The Morgan fingerprint density at radius 1 is 0.786 bits per heavy atom. The molecule has 4 aromatic rings. The Morgan fingerprint density at radius 2 is 1.43 bits per heavy atom. The molecule has 4 nitrogen and oxygen atoms in total. The molecular weight excluding hydrogens is 344 g/mol. The molecular formula is C24H22N4. The first-order valence-corrected chi connectivity index (χ1v) is 9.31. The molecule has 0 amide bonds. The predicted octanol–water partition coefficient (Wildman–Crippen LogP) is 5.75. The Morgan fingerprint density at radius 3 is 2.14 bits per heavy atom. The number of rotatable bonds is 4. The van der Waals surface area contributed by atoms with Crippen LogP contribution in [0.4, 0.5) is 5.82 Å². The molecule has 1 aromatic heterocycles. The van der Waals surface area contributed by atoms with Crippen LogP contribution in [0.3, 0.4) is 0 Å². The minimum absolute atomic E-state index is 0.685. The van der Waals surface area contributed by atoms with Gasteiger partial charge in [-0.25, -0.2) is 9.97 Å². The fraction of sp³-hybridized carbons (Fsp3) is 0.125. The van der Waals surface area contributed by atoms with Crippen molar-refractivity contribution in [1.82, 2.24) is 9.97 Å². The fourth-order valence-electron chi connectivity index (χ4n) is 2.99. The van der Waals surface area contributed by atoms with Crippen LogP contribution in [-0.4, -0.2) is 15.7 Å². The van der Waals surface area contributed by atoms with Gasteiger partial charge in [0.15, 0.2) is 11.6 Å². The minimum Gasteiger partial charge on any atom is -0.260 e. The normalized spacial score (nSPS) is 11.6. The third-order valence-electron chi connectivity index (χ3n) is 4.71. The summed E-state index contributed by atoms with van der Waals surface area (Å²) in [4.78, 5) is 9.48. The third kappa shape index (κ3) is 3.76. The van der Waals surface area contributed by atoms with Gasteiger partial charge in [-0.15, -0.1) is 0 Å². The van der Waals surface area contributed by atoms with Gasteiger partial charge in [0.05, 0.1) is 11.2 Å². The van der Waals surface area contributed by atoms with Gasteiger partial charge in [0.2, 0.25) is 0 Å². The maximum absolute atomic E-state index is 4.75. The highest BCUT2D eigenvalue weighted by atomic mass is 15.3. The van der Waals surface area contributed by atoms with Crippen LogP contribution < -0.4 is 5.43 Å². The van der Waals surface area contributed by atoms with Crippen LogP contribution in [0, 0.1) is 13.8 Å². The van der Waals surface area contributed by atoms with Crippen LogP contribution in [0.1, 0.15) is 23.6 Å². The van der Waals surface area contributed by atoms with Crippen molar-refractivity contribution in [3.8, 4) is 11.4 Å². The molecule has 3 aromatic carbocycles. The van der Waals surface area contributed by atoms with E-state index in [1.165, 1.54) is 11.1 Å². The van der Waals surface area contributed by atoms with Gasteiger partial charge in [0, 0.05) is 10.9 Å². The molecule has 0 aliphatic heterocycles. The zero-order chi connectivity index (χ0) is 19.5. The molecule has 0 bridgehead atoms. The maximum atomic E-state index is 4.75. The molecule has 4 rings (SSSR count). The van der Waals surface area contributed by atoms with Crippen LogP contribution in [0.5, 0.6) is 0 Å². The highest BCUT2D eigenvalue weighted by Gasteiger charge is 2.09. The lowest BCUT2D eigenvalue weighted by Gasteiger charge is -2.09. The zero-order valence-corrected chi connectivity index (χ0v) is 16.3. The smallest absolute Gasteiger partial charge is 0.162 e. The number of benzene rings is 3. The van der Waals surface area contributed by atoms with E-state index in [2.05, 4.69) is 60.8 Å². The zero-order valence-electron chi connectivity index (χ0n) is 16.3. The summed E-state index contributed by atoms with van der Waals surface area (Å²) in [5.74, 6) is 1.39. The molecule has 138 valence electrons. The topological polar surface area (TPSA) is 50.2 Å². The first kappa shape index (κ1) is 17.9. The summed E-state index contributed by atoms with van der Waals surface area (Å²) in [6, 6.07) is 24.5. The van der Waals surface area contributed by atoms with Gasteiger partial charge in [0.25, 0.3) is 0 Å². The lowest BCUT2D eigenvalue weighted by molar-refractivity contribution is 1.18. The van der Waals surface area contributed by atoms with Crippen LogP contribution in [0.25, 0.3) is 22.3 Å². The molecule has 0 saturated heterocycles. The van der Waals surface area contributed by atoms with E-state index in [1.54, 1.807) is 0 Å². The summed E-state index contributed by atoms with van der Waals surface area (Å²) < 4.78 is 0. The standard InChI is InChI=1S/C24H22N4/c1-16-8-12-19(13-9-16)18(3)27-28-24-21-6-4-5-7-22(21)25-23(26-24)20-14-10-17(2)11-15-20/h4-15H,1-3H3,(H,25,26,28). The van der Waals surface area contributed by atoms with Crippen LogP contribution in [-0.2, 0) is 0 Å². The Balaban J connectivity index is 1.73. The number of hydrazone groups is 1. The fourth-order valence-corrected chi connectivity index (χ4v) is 2.99. The van der Waals surface area contributed by atoms with E-state index in [0.29, 0.717) is 11.6 Å². The lowest BCUT2D eigenvalue weighted by Crippen LogP contribution is -2.03.